The molecule has 0 aliphatic heterocycles. The van der Waals surface area contributed by atoms with Gasteiger partial charge in [-0.1, -0.05) is 19.1 Å². The van der Waals surface area contributed by atoms with Crippen molar-refractivity contribution in [2.75, 3.05) is 6.54 Å². The molecule has 0 unspecified atom stereocenters. The Hall–Kier alpha value is -1.38. The van der Waals surface area contributed by atoms with Gasteiger partial charge < -0.3 is 5.32 Å². The van der Waals surface area contributed by atoms with Gasteiger partial charge in [-0.3, -0.25) is 4.79 Å². The lowest BCUT2D eigenvalue weighted by molar-refractivity contribution is -0.124. The zero-order chi connectivity index (χ0) is 11.3. The summed E-state index contributed by atoms with van der Waals surface area (Å²) in [6.07, 6.45) is 0.645. The number of carbonyl (C=O) groups excluding carboxylic acids is 1. The van der Waals surface area contributed by atoms with Crippen LogP contribution in [-0.4, -0.2) is 12.5 Å². The normalized spacial score (nSPS) is 12.2. The summed E-state index contributed by atoms with van der Waals surface area (Å²) in [6.45, 7) is 4.41. The summed E-state index contributed by atoms with van der Waals surface area (Å²) in [5.74, 6) is -0.276. The molecule has 82 valence electrons. The van der Waals surface area contributed by atoms with Crippen molar-refractivity contribution in [1.82, 2.24) is 5.32 Å². The molecule has 0 saturated carbocycles. The smallest absolute Gasteiger partial charge is 0.223 e. The molecule has 0 bridgehead atoms. The molecule has 15 heavy (non-hydrogen) atoms. The highest BCUT2D eigenvalue weighted by Crippen LogP contribution is 2.09. The van der Waals surface area contributed by atoms with Crippen molar-refractivity contribution in [3.05, 3.63) is 35.6 Å². The second kappa shape index (κ2) is 5.49. The summed E-state index contributed by atoms with van der Waals surface area (Å²) in [6, 6.07) is 6.26. The molecule has 1 aromatic carbocycles. The first-order valence-corrected chi connectivity index (χ1v) is 5.15. The maximum absolute atomic E-state index is 12.6. The monoisotopic (exact) mass is 209 g/mol. The van der Waals surface area contributed by atoms with E-state index < -0.39 is 0 Å². The number of benzene rings is 1. The van der Waals surface area contributed by atoms with E-state index in [1.165, 1.54) is 12.1 Å². The molecule has 1 amide bonds. The van der Waals surface area contributed by atoms with E-state index in [0.717, 1.165) is 5.56 Å². The lowest BCUT2D eigenvalue weighted by atomic mass is 10.0. The zero-order valence-electron chi connectivity index (χ0n) is 9.09. The predicted molar refractivity (Wildman–Crippen MR) is 58.0 cm³/mol. The number of carbonyl (C=O) groups is 1. The lowest BCUT2D eigenvalue weighted by Crippen LogP contribution is -2.29. The topological polar surface area (TPSA) is 29.1 Å². The van der Waals surface area contributed by atoms with E-state index in [0.29, 0.717) is 13.0 Å². The highest BCUT2D eigenvalue weighted by atomic mass is 19.1. The van der Waals surface area contributed by atoms with Crippen LogP contribution in [0.1, 0.15) is 19.4 Å². The highest BCUT2D eigenvalue weighted by molar-refractivity contribution is 5.78. The van der Waals surface area contributed by atoms with Gasteiger partial charge in [-0.05, 0) is 31.0 Å². The first kappa shape index (κ1) is 11.7. The molecule has 1 atom stereocenters. The van der Waals surface area contributed by atoms with Gasteiger partial charge in [0.15, 0.2) is 0 Å². The van der Waals surface area contributed by atoms with Crippen LogP contribution < -0.4 is 5.32 Å². The number of rotatable bonds is 4. The molecule has 0 radical (unpaired) electrons. The Labute approximate surface area is 89.5 Å². The van der Waals surface area contributed by atoms with Crippen LogP contribution in [0.3, 0.4) is 0 Å². The van der Waals surface area contributed by atoms with Crippen LogP contribution >= 0.6 is 0 Å². The molecule has 0 spiro atoms. The molecular weight excluding hydrogens is 193 g/mol. The number of nitrogens with one attached hydrogen (secondary N) is 1. The van der Waals surface area contributed by atoms with Crippen molar-refractivity contribution in [1.29, 1.82) is 0 Å². The van der Waals surface area contributed by atoms with Gasteiger partial charge in [0.2, 0.25) is 5.91 Å². The Kier molecular flexibility index (Phi) is 4.28. The minimum Gasteiger partial charge on any atom is -0.356 e. The van der Waals surface area contributed by atoms with Gasteiger partial charge in [0.05, 0.1) is 0 Å². The van der Waals surface area contributed by atoms with E-state index >= 15 is 0 Å². The first-order valence-electron chi connectivity index (χ1n) is 5.15. The van der Waals surface area contributed by atoms with Gasteiger partial charge in [0.1, 0.15) is 5.82 Å². The lowest BCUT2D eigenvalue weighted by Gasteiger charge is -2.10. The average molecular weight is 209 g/mol. The minimum atomic E-state index is -0.246. The van der Waals surface area contributed by atoms with Gasteiger partial charge in [0.25, 0.3) is 0 Å². The molecule has 1 rings (SSSR count). The molecule has 0 aromatic heterocycles. The van der Waals surface area contributed by atoms with Crippen LogP contribution in [-0.2, 0) is 11.2 Å². The number of hydrogen-bond acceptors (Lipinski definition) is 1. The second-order valence-electron chi connectivity index (χ2n) is 3.63. The van der Waals surface area contributed by atoms with Crippen molar-refractivity contribution in [3.63, 3.8) is 0 Å². The van der Waals surface area contributed by atoms with Gasteiger partial charge in [0, 0.05) is 12.5 Å². The molecule has 0 fully saturated rings. The second-order valence-corrected chi connectivity index (χ2v) is 3.63. The maximum Gasteiger partial charge on any atom is 0.223 e. The average Bonchev–Trinajstić information content (AvgIpc) is 2.22. The molecule has 3 heteroatoms. The van der Waals surface area contributed by atoms with E-state index in [2.05, 4.69) is 5.32 Å². The van der Waals surface area contributed by atoms with Crippen LogP contribution in [0.25, 0.3) is 0 Å². The summed E-state index contributed by atoms with van der Waals surface area (Å²) < 4.78 is 12.6. The Bertz CT molecular complexity index is 321. The Morgan fingerprint density at radius 3 is 2.53 bits per heavy atom. The molecule has 1 N–H and O–H groups in total. The van der Waals surface area contributed by atoms with E-state index in [-0.39, 0.29) is 17.6 Å². The first-order chi connectivity index (χ1) is 7.13. The van der Waals surface area contributed by atoms with E-state index in [1.807, 2.05) is 13.8 Å². The Morgan fingerprint density at radius 2 is 2.00 bits per heavy atom. The predicted octanol–water partition coefficient (Wildman–Crippen LogP) is 2.14. The summed E-state index contributed by atoms with van der Waals surface area (Å²) in [4.78, 5) is 11.4. The molecule has 0 aliphatic carbocycles. The number of amides is 1. The fourth-order valence-corrected chi connectivity index (χ4v) is 1.42. The van der Waals surface area contributed by atoms with Crippen LogP contribution in [0.4, 0.5) is 4.39 Å². The molecule has 0 heterocycles. The Morgan fingerprint density at radius 1 is 1.40 bits per heavy atom. The fourth-order valence-electron chi connectivity index (χ4n) is 1.42. The van der Waals surface area contributed by atoms with Gasteiger partial charge in [-0.25, -0.2) is 4.39 Å². The third kappa shape index (κ3) is 3.70. The maximum atomic E-state index is 12.6. The minimum absolute atomic E-state index is 0.0434. The zero-order valence-corrected chi connectivity index (χ0v) is 9.09. The summed E-state index contributed by atoms with van der Waals surface area (Å²) in [5.41, 5.74) is 0.982. The van der Waals surface area contributed by atoms with Crippen molar-refractivity contribution >= 4 is 5.91 Å². The Balaban J connectivity index is 2.54. The molecular formula is C12H16FNO. The van der Waals surface area contributed by atoms with Gasteiger partial charge in [-0.2, -0.15) is 0 Å². The quantitative estimate of drug-likeness (QED) is 0.808. The van der Waals surface area contributed by atoms with Crippen LogP contribution in [0.2, 0.25) is 0 Å². The van der Waals surface area contributed by atoms with Crippen LogP contribution in [0, 0.1) is 11.7 Å². The fraction of sp³-hybridized carbons (Fsp3) is 0.417. The van der Waals surface area contributed by atoms with E-state index in [4.69, 9.17) is 0 Å². The van der Waals surface area contributed by atoms with Gasteiger partial charge >= 0.3 is 0 Å². The SMILES string of the molecule is CCNC(=O)[C@@H](C)Cc1ccc(F)cc1. The standard InChI is InChI=1S/C12H16FNO/c1-3-14-12(15)9(2)8-10-4-6-11(13)7-5-10/h4-7,9H,3,8H2,1-2H3,(H,14,15)/t9-/m0/s1. The number of hydrogen-bond donors (Lipinski definition) is 1. The van der Waals surface area contributed by atoms with Gasteiger partial charge in [-0.15, -0.1) is 0 Å². The molecule has 2 nitrogen and oxygen atoms in total. The van der Waals surface area contributed by atoms with Crippen molar-refractivity contribution in [3.8, 4) is 0 Å². The molecule has 0 saturated heterocycles. The summed E-state index contributed by atoms with van der Waals surface area (Å²) >= 11 is 0. The number of halogens is 1. The third-order valence-electron chi connectivity index (χ3n) is 2.25. The molecule has 1 aromatic rings. The van der Waals surface area contributed by atoms with E-state index in [1.54, 1.807) is 12.1 Å². The van der Waals surface area contributed by atoms with Crippen LogP contribution in [0.5, 0.6) is 0 Å². The summed E-state index contributed by atoms with van der Waals surface area (Å²) in [7, 11) is 0. The summed E-state index contributed by atoms with van der Waals surface area (Å²) in [5, 5.41) is 2.76. The van der Waals surface area contributed by atoms with E-state index in [9.17, 15) is 9.18 Å². The highest BCUT2D eigenvalue weighted by Gasteiger charge is 2.11. The van der Waals surface area contributed by atoms with Crippen LogP contribution in [0.15, 0.2) is 24.3 Å². The van der Waals surface area contributed by atoms with Crippen molar-refractivity contribution in [2.24, 2.45) is 5.92 Å². The van der Waals surface area contributed by atoms with Crippen molar-refractivity contribution in [2.45, 2.75) is 20.3 Å². The van der Waals surface area contributed by atoms with Crippen molar-refractivity contribution < 1.29 is 9.18 Å². The molecule has 0 aliphatic rings. The largest absolute Gasteiger partial charge is 0.356 e. The third-order valence-corrected chi connectivity index (χ3v) is 2.25.